The number of phenols is 1. The number of hydrogen-bond donors (Lipinski definition) is 5. The molecule has 1 fully saturated rings. The van der Waals surface area contributed by atoms with Gasteiger partial charge >= 0.3 is 0 Å². The third-order valence-corrected chi connectivity index (χ3v) is 6.78. The summed E-state index contributed by atoms with van der Waals surface area (Å²) < 4.78 is 14.2. The van der Waals surface area contributed by atoms with Gasteiger partial charge in [-0.05, 0) is 80.5 Å². The first-order valence-electron chi connectivity index (χ1n) is 12.3. The lowest BCUT2D eigenvalue weighted by atomic mass is 9.98. The topological polar surface area (TPSA) is 101 Å². The average Bonchev–Trinajstić information content (AvgIpc) is 3.73. The van der Waals surface area contributed by atoms with Gasteiger partial charge in [-0.1, -0.05) is 30.7 Å². The van der Waals surface area contributed by atoms with Crippen LogP contribution in [0.2, 0.25) is 5.02 Å². The van der Waals surface area contributed by atoms with Crippen molar-refractivity contribution in [1.82, 2.24) is 10.3 Å². The number of aromatic nitrogens is 1. The summed E-state index contributed by atoms with van der Waals surface area (Å²) in [5, 5.41) is 36.2. The molecule has 5 N–H and O–H groups in total. The predicted molar refractivity (Wildman–Crippen MR) is 144 cm³/mol. The number of fused-ring (bicyclic) bond motifs is 1. The van der Waals surface area contributed by atoms with Crippen LogP contribution in [0.25, 0.3) is 22.0 Å². The normalized spacial score (nSPS) is 15.6. The van der Waals surface area contributed by atoms with Crippen LogP contribution >= 0.6 is 11.6 Å². The highest BCUT2D eigenvalue weighted by Crippen LogP contribution is 2.45. The fraction of sp³-hybridized carbons (Fsp3) is 0.357. The van der Waals surface area contributed by atoms with Crippen LogP contribution in [0.15, 0.2) is 48.3 Å². The molecule has 3 aromatic rings. The molecule has 8 heteroatoms. The number of rotatable bonds is 11. The van der Waals surface area contributed by atoms with E-state index in [4.69, 9.17) is 17.0 Å². The molecule has 2 aromatic carbocycles. The molecular weight excluding hydrogens is 479 g/mol. The number of pyridine rings is 1. The average molecular weight is 511 g/mol. The Labute approximate surface area is 215 Å². The Hall–Kier alpha value is -3.00. The standard InChI is InChI=1S/C28H32ClFN4O2/c1-3-10-32-16(2)4-8-20(14-31)34-26-21-11-18(19-12-23(29)28(36)24(30)13-19)7-9-25(21)33-15-22(26)27(35)17-5-6-17/h7-9,11-17,27,31-32,35-36H,3-6,10H2,1-2H3,(H,33,34)/b20-8+,31-14?. The van der Waals surface area contributed by atoms with E-state index in [1.54, 1.807) is 6.20 Å². The van der Waals surface area contributed by atoms with Gasteiger partial charge in [0, 0.05) is 29.4 Å². The molecule has 0 bridgehead atoms. The number of hydrogen-bond acceptors (Lipinski definition) is 6. The number of nitrogens with zero attached hydrogens (tertiary/aromatic N) is 1. The van der Waals surface area contributed by atoms with Crippen molar-refractivity contribution >= 4 is 34.4 Å². The van der Waals surface area contributed by atoms with Crippen LogP contribution < -0.4 is 10.6 Å². The molecule has 1 aromatic heterocycles. The quantitative estimate of drug-likeness (QED) is 0.188. The van der Waals surface area contributed by atoms with Gasteiger partial charge in [-0.15, -0.1) is 0 Å². The monoisotopic (exact) mass is 510 g/mol. The van der Waals surface area contributed by atoms with Crippen molar-refractivity contribution in [3.63, 3.8) is 0 Å². The number of nitrogens with one attached hydrogen (secondary N) is 3. The van der Waals surface area contributed by atoms with Crippen molar-refractivity contribution in [3.05, 3.63) is 64.7 Å². The first-order chi connectivity index (χ1) is 17.3. The molecule has 0 saturated heterocycles. The second kappa shape index (κ2) is 11.4. The van der Waals surface area contributed by atoms with E-state index in [1.807, 2.05) is 24.3 Å². The maximum absolute atomic E-state index is 14.2. The minimum atomic E-state index is -0.799. The van der Waals surface area contributed by atoms with Crippen molar-refractivity contribution in [2.24, 2.45) is 5.92 Å². The van der Waals surface area contributed by atoms with E-state index >= 15 is 0 Å². The molecule has 6 nitrogen and oxygen atoms in total. The molecule has 4 rings (SSSR count). The fourth-order valence-electron chi connectivity index (χ4n) is 4.22. The van der Waals surface area contributed by atoms with E-state index in [1.165, 1.54) is 18.3 Å². The maximum Gasteiger partial charge on any atom is 0.170 e. The summed E-state index contributed by atoms with van der Waals surface area (Å²) in [6.45, 7) is 5.15. The highest BCUT2D eigenvalue weighted by molar-refractivity contribution is 6.32. The van der Waals surface area contributed by atoms with Crippen molar-refractivity contribution in [3.8, 4) is 16.9 Å². The molecule has 0 spiro atoms. The van der Waals surface area contributed by atoms with Gasteiger partial charge in [-0.3, -0.25) is 4.98 Å². The number of aromatic hydroxyl groups is 1. The largest absolute Gasteiger partial charge is 0.504 e. The zero-order valence-corrected chi connectivity index (χ0v) is 21.2. The number of allylic oxidation sites excluding steroid dienone is 1. The molecule has 2 atom stereocenters. The zero-order valence-electron chi connectivity index (χ0n) is 20.5. The molecule has 1 saturated carbocycles. The Morgan fingerprint density at radius 3 is 2.72 bits per heavy atom. The van der Waals surface area contributed by atoms with Crippen LogP contribution in [0.3, 0.4) is 0 Å². The van der Waals surface area contributed by atoms with Crippen molar-refractivity contribution in [1.29, 1.82) is 5.41 Å². The second-order valence-corrected chi connectivity index (χ2v) is 9.82. The lowest BCUT2D eigenvalue weighted by molar-refractivity contribution is 0.154. The van der Waals surface area contributed by atoms with E-state index < -0.39 is 17.7 Å². The van der Waals surface area contributed by atoms with Gasteiger partial charge in [0.2, 0.25) is 0 Å². The molecule has 0 amide bonds. The summed E-state index contributed by atoms with van der Waals surface area (Å²) in [4.78, 5) is 4.57. The summed E-state index contributed by atoms with van der Waals surface area (Å²) in [5.74, 6) is -1.20. The van der Waals surface area contributed by atoms with E-state index in [0.717, 1.165) is 37.6 Å². The van der Waals surface area contributed by atoms with E-state index in [9.17, 15) is 14.6 Å². The van der Waals surface area contributed by atoms with Crippen LogP contribution in [0.4, 0.5) is 10.1 Å². The third kappa shape index (κ3) is 5.86. The lowest BCUT2D eigenvalue weighted by Crippen LogP contribution is -2.26. The van der Waals surface area contributed by atoms with Gasteiger partial charge in [-0.25, -0.2) is 4.39 Å². The Morgan fingerprint density at radius 2 is 2.06 bits per heavy atom. The lowest BCUT2D eigenvalue weighted by Gasteiger charge is -2.20. The number of aliphatic hydroxyl groups excluding tert-OH is 1. The van der Waals surface area contributed by atoms with Gasteiger partial charge in [-0.2, -0.15) is 0 Å². The molecule has 36 heavy (non-hydrogen) atoms. The highest BCUT2D eigenvalue weighted by atomic mass is 35.5. The summed E-state index contributed by atoms with van der Waals surface area (Å²) in [5.41, 5.74) is 3.85. The van der Waals surface area contributed by atoms with Gasteiger partial charge < -0.3 is 26.3 Å². The first kappa shape index (κ1) is 26.1. The van der Waals surface area contributed by atoms with Crippen LogP contribution in [0.1, 0.15) is 51.2 Å². The molecule has 190 valence electrons. The summed E-state index contributed by atoms with van der Waals surface area (Å²) in [6, 6.07) is 8.51. The van der Waals surface area contributed by atoms with E-state index in [0.29, 0.717) is 33.6 Å². The predicted octanol–water partition coefficient (Wildman–Crippen LogP) is 6.57. The van der Waals surface area contributed by atoms with Crippen molar-refractivity contribution < 1.29 is 14.6 Å². The molecule has 1 aliphatic carbocycles. The summed E-state index contributed by atoms with van der Waals surface area (Å²) in [7, 11) is 0. The van der Waals surface area contributed by atoms with Crippen molar-refractivity contribution in [2.45, 2.75) is 51.7 Å². The Bertz CT molecular complexity index is 1270. The number of halogens is 2. The van der Waals surface area contributed by atoms with Gasteiger partial charge in [0.05, 0.1) is 28.0 Å². The Balaban J connectivity index is 1.78. The molecule has 0 radical (unpaired) electrons. The molecule has 1 aliphatic rings. The van der Waals surface area contributed by atoms with Crippen LogP contribution in [-0.2, 0) is 0 Å². The molecule has 0 aliphatic heterocycles. The van der Waals surface area contributed by atoms with Crippen LogP contribution in [-0.4, -0.2) is 34.0 Å². The SMILES string of the molecule is CCCNC(C)C/C=C(\C=N)Nc1c(C(O)C2CC2)cnc2ccc(-c3cc(F)c(O)c(Cl)c3)cc12. The van der Waals surface area contributed by atoms with E-state index in [2.05, 4.69) is 29.5 Å². The highest BCUT2D eigenvalue weighted by Gasteiger charge is 2.33. The van der Waals surface area contributed by atoms with Crippen molar-refractivity contribution in [2.75, 3.05) is 11.9 Å². The summed E-state index contributed by atoms with van der Waals surface area (Å²) in [6.07, 6.45) is 7.95. The number of aliphatic hydroxyl groups is 1. The Morgan fingerprint density at radius 1 is 1.28 bits per heavy atom. The van der Waals surface area contributed by atoms with Gasteiger partial charge in [0.15, 0.2) is 11.6 Å². The minimum absolute atomic E-state index is 0.0701. The zero-order chi connectivity index (χ0) is 25.8. The molecule has 2 unspecified atom stereocenters. The Kier molecular flexibility index (Phi) is 8.24. The second-order valence-electron chi connectivity index (χ2n) is 9.41. The minimum Gasteiger partial charge on any atom is -0.504 e. The van der Waals surface area contributed by atoms with E-state index in [-0.39, 0.29) is 17.0 Å². The maximum atomic E-state index is 14.2. The fourth-order valence-corrected chi connectivity index (χ4v) is 4.43. The van der Waals surface area contributed by atoms with Gasteiger partial charge in [0.25, 0.3) is 0 Å². The number of anilines is 1. The number of benzene rings is 2. The molecule has 1 heterocycles. The first-order valence-corrected chi connectivity index (χ1v) is 12.7. The van der Waals surface area contributed by atoms with Crippen LogP contribution in [0.5, 0.6) is 5.75 Å². The smallest absolute Gasteiger partial charge is 0.170 e. The van der Waals surface area contributed by atoms with Gasteiger partial charge in [0.1, 0.15) is 0 Å². The molecular formula is C28H32ClFN4O2. The summed E-state index contributed by atoms with van der Waals surface area (Å²) >= 11 is 6.02. The third-order valence-electron chi connectivity index (χ3n) is 6.49. The van der Waals surface area contributed by atoms with Crippen LogP contribution in [0, 0.1) is 17.1 Å². The number of phenolic OH excluding ortho intramolecular Hbond substituents is 1.